The van der Waals surface area contributed by atoms with Gasteiger partial charge in [0.1, 0.15) is 0 Å². The van der Waals surface area contributed by atoms with E-state index >= 15 is 0 Å². The fraction of sp³-hybridized carbons (Fsp3) is 0.353. The van der Waals surface area contributed by atoms with Crippen molar-refractivity contribution in [1.82, 2.24) is 14.8 Å². The van der Waals surface area contributed by atoms with Crippen molar-refractivity contribution in [2.75, 3.05) is 26.7 Å². The zero-order valence-corrected chi connectivity index (χ0v) is 13.2. The number of para-hydroxylation sites is 1. The van der Waals surface area contributed by atoms with Crippen LogP contribution in [0.5, 0.6) is 0 Å². The van der Waals surface area contributed by atoms with E-state index in [1.165, 1.54) is 4.90 Å². The molecule has 2 rings (SSSR count). The molecule has 1 aromatic carbocycles. The number of carbonyl (C=O) groups excluding carboxylic acids is 2. The average Bonchev–Trinajstić information content (AvgIpc) is 2.54. The largest absolute Gasteiger partial charge is 0.342 e. The van der Waals surface area contributed by atoms with Crippen LogP contribution in [0.15, 0.2) is 36.5 Å². The van der Waals surface area contributed by atoms with Crippen LogP contribution < -0.4 is 0 Å². The predicted molar refractivity (Wildman–Crippen MR) is 86.6 cm³/mol. The first-order chi connectivity index (χ1) is 10.6. The molecule has 0 atom stereocenters. The highest BCUT2D eigenvalue weighted by Gasteiger charge is 2.19. The number of amides is 2. The van der Waals surface area contributed by atoms with Crippen molar-refractivity contribution in [3.05, 3.63) is 42.1 Å². The number of pyridine rings is 1. The molecule has 0 aliphatic carbocycles. The molecular formula is C17H21N3O2. The summed E-state index contributed by atoms with van der Waals surface area (Å²) < 4.78 is 0. The number of benzene rings is 1. The van der Waals surface area contributed by atoms with Crippen molar-refractivity contribution in [2.24, 2.45) is 0 Å². The molecule has 0 aliphatic rings. The summed E-state index contributed by atoms with van der Waals surface area (Å²) in [5.41, 5.74) is 1.34. The molecular weight excluding hydrogens is 278 g/mol. The van der Waals surface area contributed by atoms with Crippen LogP contribution in [-0.2, 0) is 4.79 Å². The molecule has 2 amide bonds. The van der Waals surface area contributed by atoms with Gasteiger partial charge in [-0.2, -0.15) is 0 Å². The van der Waals surface area contributed by atoms with Crippen LogP contribution in [0.4, 0.5) is 0 Å². The van der Waals surface area contributed by atoms with Gasteiger partial charge in [0.2, 0.25) is 5.91 Å². The van der Waals surface area contributed by atoms with Crippen LogP contribution in [-0.4, -0.2) is 53.3 Å². The van der Waals surface area contributed by atoms with E-state index in [1.807, 2.05) is 38.1 Å². The molecule has 0 saturated heterocycles. The van der Waals surface area contributed by atoms with E-state index in [2.05, 4.69) is 4.98 Å². The Morgan fingerprint density at radius 2 is 1.77 bits per heavy atom. The molecule has 2 aromatic rings. The van der Waals surface area contributed by atoms with Gasteiger partial charge in [0, 0.05) is 31.7 Å². The first-order valence-corrected chi connectivity index (χ1v) is 7.45. The standard InChI is InChI=1S/C17H21N3O2/c1-4-20(5-2)16(21)12-19(3)17(22)14-10-11-18-15-9-7-6-8-13(14)15/h6-11H,4-5,12H2,1-3H3. The molecule has 1 aromatic heterocycles. The summed E-state index contributed by atoms with van der Waals surface area (Å²) in [6.45, 7) is 5.24. The van der Waals surface area contributed by atoms with Crippen LogP contribution in [0.1, 0.15) is 24.2 Å². The summed E-state index contributed by atoms with van der Waals surface area (Å²) in [5.74, 6) is -0.210. The summed E-state index contributed by atoms with van der Waals surface area (Å²) in [6.07, 6.45) is 1.62. The molecule has 116 valence electrons. The molecule has 0 saturated carbocycles. The maximum absolute atomic E-state index is 12.6. The second kappa shape index (κ2) is 7.02. The third-order valence-corrected chi connectivity index (χ3v) is 3.71. The Labute approximate surface area is 130 Å². The van der Waals surface area contributed by atoms with E-state index in [1.54, 1.807) is 24.2 Å². The minimum atomic E-state index is -0.167. The number of fused-ring (bicyclic) bond motifs is 1. The zero-order chi connectivity index (χ0) is 16.1. The van der Waals surface area contributed by atoms with Crippen molar-refractivity contribution in [3.63, 3.8) is 0 Å². The van der Waals surface area contributed by atoms with E-state index in [-0.39, 0.29) is 18.4 Å². The van der Waals surface area contributed by atoms with Gasteiger partial charge in [0.05, 0.1) is 17.6 Å². The first kappa shape index (κ1) is 15.9. The molecule has 0 fully saturated rings. The topological polar surface area (TPSA) is 53.5 Å². The number of likely N-dealkylation sites (N-methyl/N-ethyl adjacent to an activating group) is 2. The number of hydrogen-bond acceptors (Lipinski definition) is 3. The number of rotatable bonds is 5. The maximum atomic E-state index is 12.6. The van der Waals surface area contributed by atoms with Crippen LogP contribution in [0.2, 0.25) is 0 Å². The quantitative estimate of drug-likeness (QED) is 0.850. The second-order valence-corrected chi connectivity index (χ2v) is 5.10. The molecule has 1 heterocycles. The van der Waals surface area contributed by atoms with Gasteiger partial charge in [-0.15, -0.1) is 0 Å². The van der Waals surface area contributed by atoms with Gasteiger partial charge in [-0.25, -0.2) is 0 Å². The van der Waals surface area contributed by atoms with Gasteiger partial charge in [0.15, 0.2) is 0 Å². The molecule has 0 N–H and O–H groups in total. The lowest BCUT2D eigenvalue weighted by Gasteiger charge is -2.23. The average molecular weight is 299 g/mol. The molecule has 0 aliphatic heterocycles. The number of hydrogen-bond donors (Lipinski definition) is 0. The Morgan fingerprint density at radius 1 is 1.09 bits per heavy atom. The molecule has 0 bridgehead atoms. The monoisotopic (exact) mass is 299 g/mol. The summed E-state index contributed by atoms with van der Waals surface area (Å²) in [7, 11) is 1.65. The SMILES string of the molecule is CCN(CC)C(=O)CN(C)C(=O)c1ccnc2ccccc12. The minimum absolute atomic E-state index is 0.0424. The molecule has 0 radical (unpaired) electrons. The molecule has 0 spiro atoms. The predicted octanol–water partition coefficient (Wildman–Crippen LogP) is 2.18. The van der Waals surface area contributed by atoms with Crippen molar-refractivity contribution in [1.29, 1.82) is 0 Å². The zero-order valence-electron chi connectivity index (χ0n) is 13.2. The fourth-order valence-electron chi connectivity index (χ4n) is 2.44. The highest BCUT2D eigenvalue weighted by molar-refractivity contribution is 6.06. The highest BCUT2D eigenvalue weighted by atomic mass is 16.2. The fourth-order valence-corrected chi connectivity index (χ4v) is 2.44. The Balaban J connectivity index is 2.21. The highest BCUT2D eigenvalue weighted by Crippen LogP contribution is 2.17. The van der Waals surface area contributed by atoms with Gasteiger partial charge in [-0.1, -0.05) is 18.2 Å². The Hall–Kier alpha value is -2.43. The molecule has 5 heteroatoms. The molecule has 0 unspecified atom stereocenters. The number of nitrogens with zero attached hydrogens (tertiary/aromatic N) is 3. The van der Waals surface area contributed by atoms with E-state index in [9.17, 15) is 9.59 Å². The lowest BCUT2D eigenvalue weighted by atomic mass is 10.1. The van der Waals surface area contributed by atoms with Gasteiger partial charge < -0.3 is 9.80 Å². The third-order valence-electron chi connectivity index (χ3n) is 3.71. The van der Waals surface area contributed by atoms with Crippen LogP contribution in [0, 0.1) is 0 Å². The van der Waals surface area contributed by atoms with Crippen LogP contribution in [0.25, 0.3) is 10.9 Å². The van der Waals surface area contributed by atoms with E-state index in [0.717, 1.165) is 10.9 Å². The Bertz CT molecular complexity index is 675. The summed E-state index contributed by atoms with van der Waals surface area (Å²) >= 11 is 0. The smallest absolute Gasteiger partial charge is 0.254 e. The van der Waals surface area contributed by atoms with E-state index < -0.39 is 0 Å². The van der Waals surface area contributed by atoms with Gasteiger partial charge in [0.25, 0.3) is 5.91 Å². The van der Waals surface area contributed by atoms with Gasteiger partial charge in [-0.3, -0.25) is 14.6 Å². The van der Waals surface area contributed by atoms with Crippen molar-refractivity contribution < 1.29 is 9.59 Å². The summed E-state index contributed by atoms with van der Waals surface area (Å²) in [4.78, 5) is 32.2. The normalized spacial score (nSPS) is 10.5. The summed E-state index contributed by atoms with van der Waals surface area (Å²) in [5, 5.41) is 0.803. The van der Waals surface area contributed by atoms with E-state index in [4.69, 9.17) is 0 Å². The summed E-state index contributed by atoms with van der Waals surface area (Å²) in [6, 6.07) is 9.20. The van der Waals surface area contributed by atoms with Gasteiger partial charge in [-0.05, 0) is 26.0 Å². The van der Waals surface area contributed by atoms with Gasteiger partial charge >= 0.3 is 0 Å². The van der Waals surface area contributed by atoms with E-state index in [0.29, 0.717) is 18.7 Å². The van der Waals surface area contributed by atoms with Crippen LogP contribution in [0.3, 0.4) is 0 Å². The second-order valence-electron chi connectivity index (χ2n) is 5.10. The molecule has 5 nitrogen and oxygen atoms in total. The minimum Gasteiger partial charge on any atom is -0.342 e. The third kappa shape index (κ3) is 3.24. The van der Waals surface area contributed by atoms with Crippen molar-refractivity contribution in [2.45, 2.75) is 13.8 Å². The maximum Gasteiger partial charge on any atom is 0.254 e. The first-order valence-electron chi connectivity index (χ1n) is 7.45. The Kier molecular flexibility index (Phi) is 5.09. The van der Waals surface area contributed by atoms with Crippen molar-refractivity contribution >= 4 is 22.7 Å². The Morgan fingerprint density at radius 3 is 2.45 bits per heavy atom. The number of aromatic nitrogens is 1. The lowest BCUT2D eigenvalue weighted by Crippen LogP contribution is -2.41. The number of carbonyl (C=O) groups is 2. The molecule has 22 heavy (non-hydrogen) atoms. The lowest BCUT2D eigenvalue weighted by molar-refractivity contribution is -0.131. The van der Waals surface area contributed by atoms with Crippen molar-refractivity contribution in [3.8, 4) is 0 Å². The van der Waals surface area contributed by atoms with Crippen LogP contribution >= 0.6 is 0 Å².